The second-order valence-corrected chi connectivity index (χ2v) is 6.60. The zero-order chi connectivity index (χ0) is 14.9. The number of nitrogens with one attached hydrogen (secondary N) is 2. The van der Waals surface area contributed by atoms with Crippen LogP contribution in [0.4, 0.5) is 4.79 Å². The summed E-state index contributed by atoms with van der Waals surface area (Å²) in [6.45, 7) is 1.00. The first kappa shape index (κ1) is 14.4. The molecule has 3 fully saturated rings. The molecule has 1 saturated carbocycles. The maximum atomic E-state index is 12.4. The summed E-state index contributed by atoms with van der Waals surface area (Å²) < 4.78 is 0. The summed E-state index contributed by atoms with van der Waals surface area (Å²) in [6, 6.07) is -0.444. The highest BCUT2D eigenvalue weighted by molar-refractivity contribution is 6.07. The van der Waals surface area contributed by atoms with Crippen molar-refractivity contribution < 1.29 is 14.4 Å². The molecule has 116 valence electrons. The third-order valence-electron chi connectivity index (χ3n) is 5.10. The molecule has 0 aromatic carbocycles. The molecule has 1 unspecified atom stereocenters. The van der Waals surface area contributed by atoms with Crippen LogP contribution in [-0.4, -0.2) is 41.4 Å². The van der Waals surface area contributed by atoms with Crippen molar-refractivity contribution in [2.45, 2.75) is 56.9 Å². The summed E-state index contributed by atoms with van der Waals surface area (Å²) in [7, 11) is 0. The maximum Gasteiger partial charge on any atom is 0.322 e. The number of imide groups is 1. The minimum Gasteiger partial charge on any atom is -0.340 e. The van der Waals surface area contributed by atoms with E-state index >= 15 is 0 Å². The molecule has 3 aliphatic rings. The summed E-state index contributed by atoms with van der Waals surface area (Å²) in [5, 5.41) is 4.99. The van der Waals surface area contributed by atoms with Gasteiger partial charge in [-0.15, -0.1) is 0 Å². The zero-order valence-corrected chi connectivity index (χ0v) is 12.3. The van der Waals surface area contributed by atoms with Crippen molar-refractivity contribution >= 4 is 17.8 Å². The fourth-order valence-corrected chi connectivity index (χ4v) is 3.87. The third kappa shape index (κ3) is 2.89. The number of hydrogen-bond donors (Lipinski definition) is 2. The fourth-order valence-electron chi connectivity index (χ4n) is 3.87. The molecule has 6 heteroatoms. The van der Waals surface area contributed by atoms with Gasteiger partial charge in [0, 0.05) is 13.0 Å². The van der Waals surface area contributed by atoms with Crippen LogP contribution in [0.5, 0.6) is 0 Å². The molecule has 1 aliphatic carbocycles. The van der Waals surface area contributed by atoms with E-state index < -0.39 is 11.6 Å². The summed E-state index contributed by atoms with van der Waals surface area (Å²) in [6.07, 6.45) is 7.96. The molecule has 2 N–H and O–H groups in total. The van der Waals surface area contributed by atoms with Crippen molar-refractivity contribution in [3.05, 3.63) is 0 Å². The van der Waals surface area contributed by atoms with Gasteiger partial charge >= 0.3 is 6.03 Å². The van der Waals surface area contributed by atoms with Crippen LogP contribution in [0.25, 0.3) is 0 Å². The Hall–Kier alpha value is -1.59. The molecular formula is C15H23N3O3. The van der Waals surface area contributed by atoms with E-state index in [-0.39, 0.29) is 11.8 Å². The monoisotopic (exact) mass is 293 g/mol. The van der Waals surface area contributed by atoms with Gasteiger partial charge in [0.15, 0.2) is 0 Å². The van der Waals surface area contributed by atoms with Gasteiger partial charge < -0.3 is 10.2 Å². The number of carbonyl (C=O) groups is 3. The Kier molecular flexibility index (Phi) is 3.87. The van der Waals surface area contributed by atoms with Crippen molar-refractivity contribution in [2.24, 2.45) is 5.92 Å². The van der Waals surface area contributed by atoms with Gasteiger partial charge in [0.05, 0.1) is 6.54 Å². The first-order valence-corrected chi connectivity index (χ1v) is 8.00. The largest absolute Gasteiger partial charge is 0.340 e. The van der Waals surface area contributed by atoms with E-state index in [0.29, 0.717) is 31.8 Å². The fraction of sp³-hybridized carbons (Fsp3) is 0.800. The number of rotatable bonds is 3. The van der Waals surface area contributed by atoms with E-state index in [2.05, 4.69) is 10.6 Å². The summed E-state index contributed by atoms with van der Waals surface area (Å²) in [4.78, 5) is 37.4. The Balaban J connectivity index is 1.56. The molecule has 21 heavy (non-hydrogen) atoms. The van der Waals surface area contributed by atoms with Gasteiger partial charge in [-0.1, -0.05) is 25.7 Å². The van der Waals surface area contributed by atoms with E-state index in [9.17, 15) is 14.4 Å². The molecule has 2 saturated heterocycles. The van der Waals surface area contributed by atoms with Crippen LogP contribution in [0.2, 0.25) is 0 Å². The third-order valence-corrected chi connectivity index (χ3v) is 5.10. The van der Waals surface area contributed by atoms with Crippen molar-refractivity contribution in [3.8, 4) is 0 Å². The quantitative estimate of drug-likeness (QED) is 0.766. The number of hydrogen-bond acceptors (Lipinski definition) is 3. The number of urea groups is 1. The van der Waals surface area contributed by atoms with E-state index in [0.717, 1.165) is 12.8 Å². The number of carbonyl (C=O) groups excluding carboxylic acids is 3. The molecule has 1 atom stereocenters. The SMILES string of the molecule is O=C1NC(=O)C2(CCCN(C(=O)CCC3CCCC3)C2)N1. The molecule has 0 aromatic rings. The van der Waals surface area contributed by atoms with Gasteiger partial charge in [0.25, 0.3) is 5.91 Å². The second-order valence-electron chi connectivity index (χ2n) is 6.60. The van der Waals surface area contributed by atoms with Gasteiger partial charge in [0.2, 0.25) is 5.91 Å². The lowest BCUT2D eigenvalue weighted by Gasteiger charge is -2.38. The van der Waals surface area contributed by atoms with E-state index in [1.807, 2.05) is 0 Å². The van der Waals surface area contributed by atoms with Gasteiger partial charge in [-0.3, -0.25) is 14.9 Å². The maximum absolute atomic E-state index is 12.4. The average Bonchev–Trinajstić information content (AvgIpc) is 3.06. The van der Waals surface area contributed by atoms with Gasteiger partial charge in [0.1, 0.15) is 5.54 Å². The Morgan fingerprint density at radius 2 is 2.00 bits per heavy atom. The van der Waals surface area contributed by atoms with Gasteiger partial charge in [-0.05, 0) is 25.2 Å². The molecular weight excluding hydrogens is 270 g/mol. The van der Waals surface area contributed by atoms with Crippen molar-refractivity contribution in [3.63, 3.8) is 0 Å². The number of piperidine rings is 1. The first-order chi connectivity index (χ1) is 10.1. The molecule has 3 rings (SSSR count). The predicted molar refractivity (Wildman–Crippen MR) is 76.4 cm³/mol. The normalized spacial score (nSPS) is 29.8. The summed E-state index contributed by atoms with van der Waals surface area (Å²) >= 11 is 0. The zero-order valence-electron chi connectivity index (χ0n) is 12.3. The molecule has 6 nitrogen and oxygen atoms in total. The second kappa shape index (κ2) is 5.66. The molecule has 2 aliphatic heterocycles. The molecule has 0 bridgehead atoms. The smallest absolute Gasteiger partial charge is 0.322 e. The van der Waals surface area contributed by atoms with E-state index in [1.165, 1.54) is 25.7 Å². The molecule has 0 aromatic heterocycles. The van der Waals surface area contributed by atoms with Crippen LogP contribution in [0.1, 0.15) is 51.4 Å². The highest BCUT2D eigenvalue weighted by atomic mass is 16.2. The Morgan fingerprint density at radius 3 is 2.67 bits per heavy atom. The standard InChI is InChI=1S/C15H23N3O3/c19-12(7-6-11-4-1-2-5-11)18-9-3-8-15(10-18)13(20)16-14(21)17-15/h11H,1-10H2,(H2,16,17,20,21). The lowest BCUT2D eigenvalue weighted by atomic mass is 9.89. The topological polar surface area (TPSA) is 78.5 Å². The van der Waals surface area contributed by atoms with E-state index in [4.69, 9.17) is 0 Å². The van der Waals surface area contributed by atoms with Crippen LogP contribution in [0.3, 0.4) is 0 Å². The number of likely N-dealkylation sites (tertiary alicyclic amines) is 1. The summed E-state index contributed by atoms with van der Waals surface area (Å²) in [5.74, 6) is 0.526. The minimum atomic E-state index is -0.891. The Bertz CT molecular complexity index is 459. The lowest BCUT2D eigenvalue weighted by molar-refractivity contribution is -0.136. The predicted octanol–water partition coefficient (Wildman–Crippen LogP) is 1.16. The molecule has 4 amide bonds. The number of nitrogens with zero attached hydrogens (tertiary/aromatic N) is 1. The molecule has 1 spiro atoms. The lowest BCUT2D eigenvalue weighted by Crippen LogP contribution is -2.59. The van der Waals surface area contributed by atoms with Gasteiger partial charge in [-0.25, -0.2) is 4.79 Å². The van der Waals surface area contributed by atoms with Crippen molar-refractivity contribution in [1.82, 2.24) is 15.5 Å². The van der Waals surface area contributed by atoms with Crippen molar-refractivity contribution in [2.75, 3.05) is 13.1 Å². The number of amides is 4. The minimum absolute atomic E-state index is 0.120. The van der Waals surface area contributed by atoms with Crippen LogP contribution >= 0.6 is 0 Å². The van der Waals surface area contributed by atoms with Crippen molar-refractivity contribution in [1.29, 1.82) is 0 Å². The first-order valence-electron chi connectivity index (χ1n) is 8.00. The molecule has 2 heterocycles. The highest BCUT2D eigenvalue weighted by Gasteiger charge is 2.49. The highest BCUT2D eigenvalue weighted by Crippen LogP contribution is 2.30. The van der Waals surface area contributed by atoms with Crippen LogP contribution < -0.4 is 10.6 Å². The van der Waals surface area contributed by atoms with E-state index in [1.54, 1.807) is 4.90 Å². The Labute approximate surface area is 124 Å². The van der Waals surface area contributed by atoms with Crippen LogP contribution in [0, 0.1) is 5.92 Å². The van der Waals surface area contributed by atoms with Crippen LogP contribution in [-0.2, 0) is 9.59 Å². The molecule has 0 radical (unpaired) electrons. The van der Waals surface area contributed by atoms with Gasteiger partial charge in [-0.2, -0.15) is 0 Å². The van der Waals surface area contributed by atoms with Crippen LogP contribution in [0.15, 0.2) is 0 Å². The summed E-state index contributed by atoms with van der Waals surface area (Å²) in [5.41, 5.74) is -0.891. The Morgan fingerprint density at radius 1 is 1.24 bits per heavy atom. The average molecular weight is 293 g/mol.